The summed E-state index contributed by atoms with van der Waals surface area (Å²) in [6.45, 7) is -6.93. The second kappa shape index (κ2) is 39.5. The van der Waals surface area contributed by atoms with Gasteiger partial charge in [0.25, 0.3) is 24.3 Å². The van der Waals surface area contributed by atoms with Crippen molar-refractivity contribution in [2.75, 3.05) is 73.0 Å². The second-order valence-corrected chi connectivity index (χ2v) is 49.1. The summed E-state index contributed by atoms with van der Waals surface area (Å²) in [5.41, 5.74) is 16.8. The van der Waals surface area contributed by atoms with Crippen molar-refractivity contribution in [1.29, 1.82) is 0 Å². The monoisotopic (exact) mass is 1830 g/mol. The predicted octanol–water partition coefficient (Wildman–Crippen LogP) is 5.20. The molecule has 3 unspecified atom stereocenters. The number of nitrogens with two attached hydrogens (primary N) is 4. The Hall–Kier alpha value is -3.26. The molecule has 15 atom stereocenters. The van der Waals surface area contributed by atoms with Gasteiger partial charge in [-0.25, -0.2) is 32.3 Å². The van der Waals surface area contributed by atoms with Crippen LogP contribution in [0.15, 0.2) is 104 Å². The highest BCUT2D eigenvalue weighted by Gasteiger charge is 2.60. The van der Waals surface area contributed by atoms with Crippen molar-refractivity contribution in [3.63, 3.8) is 0 Å². The molecule has 106 heavy (non-hydrogen) atoms. The van der Waals surface area contributed by atoms with E-state index >= 15 is 0 Å². The Kier molecular flexibility index (Phi) is 36.1. The smallest absolute Gasteiger partial charge is 0.351 e. The number of ether oxygens (including phenoxy) is 4. The molecule has 4 aliphatic heterocycles. The average Bonchev–Trinajstić information content (AvgIpc) is 1.53. The molecule has 0 spiro atoms. The van der Waals surface area contributed by atoms with Gasteiger partial charge in [0, 0.05) is 41.5 Å². The molecule has 4 aromatic rings. The number of aliphatic hydroxyl groups is 5. The summed E-state index contributed by atoms with van der Waals surface area (Å²) in [6, 6.07) is 4.90. The van der Waals surface area contributed by atoms with Crippen LogP contribution >= 0.6 is 133 Å². The summed E-state index contributed by atoms with van der Waals surface area (Å²) in [6.07, 6.45) is -13.9. The molecular formula is C44H62Cl7F5N12O30P8. The summed E-state index contributed by atoms with van der Waals surface area (Å²) in [4.78, 5) is 114. The molecule has 4 aromatic heterocycles. The molecule has 0 saturated carbocycles. The highest BCUT2D eigenvalue weighted by molar-refractivity contribution is 8.21. The van der Waals surface area contributed by atoms with Crippen molar-refractivity contribution in [2.24, 2.45) is 0 Å². The molecule has 0 radical (unpaired) electrons. The van der Waals surface area contributed by atoms with Gasteiger partial charge in [-0.3, -0.25) is 54.8 Å². The molecular weight excluding hydrogens is 1770 g/mol. The van der Waals surface area contributed by atoms with Gasteiger partial charge >= 0.3 is 59.1 Å². The maximum Gasteiger partial charge on any atom is 0.351 e. The lowest BCUT2D eigenvalue weighted by Crippen LogP contribution is -2.41. The molecule has 8 rings (SSSR count). The number of hydrogen-bond donors (Lipinski definition) is 15. The number of aliphatic hydroxyl groups excluding tert-OH is 5. The van der Waals surface area contributed by atoms with Gasteiger partial charge in [-0.1, -0.05) is 7.43 Å². The topological polar surface area (TPSA) is 667 Å². The normalized spacial score (nSPS) is 26.7. The van der Waals surface area contributed by atoms with E-state index < -0.39 is 207 Å². The van der Waals surface area contributed by atoms with Gasteiger partial charge in [0.05, 0.1) is 45.4 Å². The van der Waals surface area contributed by atoms with Crippen molar-refractivity contribution < 1.29 is 146 Å². The molecule has 4 saturated heterocycles. The quantitative estimate of drug-likeness (QED) is 0.0355. The van der Waals surface area contributed by atoms with Gasteiger partial charge in [0.1, 0.15) is 77.8 Å². The lowest BCUT2D eigenvalue weighted by molar-refractivity contribution is -0.140. The van der Waals surface area contributed by atoms with Crippen LogP contribution in [0.4, 0.5) is 45.2 Å². The summed E-state index contributed by atoms with van der Waals surface area (Å²) in [5.74, 6) is -19.2. The lowest BCUT2D eigenvalue weighted by Gasteiger charge is -2.20. The van der Waals surface area contributed by atoms with Crippen LogP contribution in [0.1, 0.15) is 32.3 Å². The Morgan fingerprint density at radius 2 is 0.745 bits per heavy atom. The molecule has 0 bridgehead atoms. The summed E-state index contributed by atoms with van der Waals surface area (Å²) < 4.78 is 194. The van der Waals surface area contributed by atoms with Crippen molar-refractivity contribution >= 4 is 157 Å². The highest BCUT2D eigenvalue weighted by atomic mass is 35.9. The number of hydrogen-bond acceptors (Lipinski definition) is 32. The Morgan fingerprint density at radius 1 is 0.462 bits per heavy atom. The van der Waals surface area contributed by atoms with Crippen LogP contribution in [-0.2, 0) is 69.0 Å². The average molecular weight is 1830 g/mol. The molecule has 8 heterocycles. The number of nitrogens with zero attached hydrogens (tertiary/aromatic N) is 8. The van der Waals surface area contributed by atoms with Gasteiger partial charge in [-0.2, -0.15) is 28.7 Å². The van der Waals surface area contributed by atoms with Gasteiger partial charge in [-0.05, 0) is 103 Å². The van der Waals surface area contributed by atoms with E-state index in [2.05, 4.69) is 29.0 Å². The Balaban J connectivity index is 0.000000354. The number of alkyl halides is 2. The fourth-order valence-corrected chi connectivity index (χ4v) is 29.9. The zero-order chi connectivity index (χ0) is 80.3. The predicted molar refractivity (Wildman–Crippen MR) is 370 cm³/mol. The van der Waals surface area contributed by atoms with Crippen molar-refractivity contribution in [2.45, 2.75) is 87.1 Å². The first-order valence-corrected chi connectivity index (χ1v) is 48.3. The third kappa shape index (κ3) is 30.0. The first-order valence-electron chi connectivity index (χ1n) is 27.4. The SMILES string of the molecule is C.Nc1ccn([C@@H]2O[C@H](CO)[C@H](O)/C2=C\F)c(=O)n1.Nc1ccn([C@@H]2O[C@H](COP(=O)(Cl)CP(=O)(Cl)Cl)[C@H](O)/C2=C\F)c(=O)n1.Nc1ccn([C@@H]2O[C@H](COP(=O)(O)CP(=O)(O)O)[C@H](O)/C2=C\F)c(=O)n1.Nc1ccn([C@@H]2O[C@H](COP(=O)(O)CP(=O)(O)O)[C@H](O)C2(F)F)c(=O)n1.O=P(Cl)(Cl)CP(=O)(Cl)Cl. The van der Waals surface area contributed by atoms with Gasteiger partial charge in [0.15, 0.2) is 36.6 Å². The van der Waals surface area contributed by atoms with Crippen LogP contribution in [0.2, 0.25) is 0 Å². The number of anilines is 4. The van der Waals surface area contributed by atoms with E-state index in [1.165, 1.54) is 30.6 Å². The minimum Gasteiger partial charge on any atom is -0.394 e. The minimum absolute atomic E-state index is 0. The first kappa shape index (κ1) is 96.9. The van der Waals surface area contributed by atoms with E-state index in [-0.39, 0.29) is 66.4 Å². The Morgan fingerprint density at radius 3 is 1.02 bits per heavy atom. The maximum atomic E-state index is 14.2. The van der Waals surface area contributed by atoms with Crippen LogP contribution in [0.5, 0.6) is 0 Å². The molecule has 0 amide bonds. The second-order valence-electron chi connectivity index (χ2n) is 21.1. The maximum absolute atomic E-state index is 14.2. The zero-order valence-electron chi connectivity index (χ0n) is 51.6. The van der Waals surface area contributed by atoms with E-state index in [0.717, 1.165) is 32.2 Å². The summed E-state index contributed by atoms with van der Waals surface area (Å²) in [5, 5.41) is 48.5. The van der Waals surface area contributed by atoms with Crippen LogP contribution < -0.4 is 45.7 Å². The molecule has 0 aromatic carbocycles. The molecule has 19 N–H and O–H groups in total. The fraction of sp³-hybridized carbons (Fsp3) is 0.500. The van der Waals surface area contributed by atoms with Crippen LogP contribution in [0.3, 0.4) is 0 Å². The molecule has 4 fully saturated rings. The van der Waals surface area contributed by atoms with Crippen LogP contribution in [-0.4, -0.2) is 198 Å². The van der Waals surface area contributed by atoms with Crippen molar-refractivity contribution in [3.8, 4) is 0 Å². The Bertz CT molecular complexity index is 4340. The summed E-state index contributed by atoms with van der Waals surface area (Å²) >= 11 is 36.2. The number of nitrogen functional groups attached to an aromatic ring is 4. The van der Waals surface area contributed by atoms with E-state index in [9.17, 15) is 108 Å². The van der Waals surface area contributed by atoms with E-state index in [4.69, 9.17) is 150 Å². The molecule has 42 nitrogen and oxygen atoms in total. The highest BCUT2D eigenvalue weighted by Crippen LogP contribution is 2.72. The van der Waals surface area contributed by atoms with E-state index in [0.29, 0.717) is 4.57 Å². The number of aromatic nitrogens is 8. The molecule has 4 aliphatic rings. The zero-order valence-corrected chi connectivity index (χ0v) is 64.1. The largest absolute Gasteiger partial charge is 0.394 e. The standard InChI is InChI=1S/C11H13Cl3FN3O6P2.C11H16FN3O9P2.C10H15F2N3O9P2.C10H12FN3O4.CH2Cl4O2P2.CH4/c12-25(13,21)5-26(14,22)23-4-7-9(19)6(3-15)10(24-7)18-2-1-8(16)17-11(18)20;12-3-6-9(16)7(4-23-26(21,22)5-25(18,19)20)24-10(6)15-2-1-8(13)14-11(15)17;11-10(12)7(16)5(3-23-26(21,22)4-25(18,19)20)24-8(10)15-2-1-6(13)14-9(15)17;11-3-5-8(16)6(4-15)18-9(5)14-2-1-7(12)13-10(14)17;2-8(3,6)1-9(4,5)7;/h1-3,7,9-10,19H,4-5H2,(H2,16,17,20);1-3,7,9-10,16H,4-5H2,(H,21,22)(H2,13,14,17)(H2,18,19,20);1-2,5,7-8,16H,3-4H2,(H,21,22)(H2,13,14,17)(H2,18,19,20);1-3,6,8-9,15-16H,4H2,(H2,12,13,17);1H2;1H4/b2*6-3+;;5-3+;;/t7-,9-,10-,26?;7-,9-,10-;5-,7+,8-;6-,8-,9-;;/m1111../s1. The van der Waals surface area contributed by atoms with Crippen LogP contribution in [0.25, 0.3) is 0 Å². The summed E-state index contributed by atoms with van der Waals surface area (Å²) in [7, 11) is -19.3. The van der Waals surface area contributed by atoms with Gasteiger partial charge in [0.2, 0.25) is 6.23 Å². The van der Waals surface area contributed by atoms with Crippen molar-refractivity contribution in [1.82, 2.24) is 38.2 Å². The van der Waals surface area contributed by atoms with E-state index in [1.54, 1.807) is 0 Å². The van der Waals surface area contributed by atoms with Gasteiger partial charge in [-0.15, -0.1) is 0 Å². The lowest BCUT2D eigenvalue weighted by atomic mass is 10.1. The fourth-order valence-electron chi connectivity index (χ4n) is 8.54. The minimum atomic E-state index is -4.92. The first-order chi connectivity index (χ1) is 47.9. The molecule has 0 aliphatic carbocycles. The third-order valence-electron chi connectivity index (χ3n) is 12.9. The molecule has 62 heteroatoms. The molecule has 602 valence electrons. The van der Waals surface area contributed by atoms with Crippen molar-refractivity contribution in [3.05, 3.63) is 127 Å². The number of halogens is 12. The van der Waals surface area contributed by atoms with Gasteiger partial charge < -0.3 is 110 Å². The van der Waals surface area contributed by atoms with Crippen LogP contribution in [0, 0.1) is 0 Å². The third-order valence-corrected chi connectivity index (χ3v) is 32.7. The Labute approximate surface area is 623 Å². The van der Waals surface area contributed by atoms with E-state index in [1.807, 2.05) is 0 Å². The number of rotatable bonds is 22.